The number of aromatic carboxylic acids is 1. The van der Waals surface area contributed by atoms with E-state index in [-0.39, 0.29) is 11.6 Å². The summed E-state index contributed by atoms with van der Waals surface area (Å²) < 4.78 is 1.95. The van der Waals surface area contributed by atoms with Crippen molar-refractivity contribution in [3.8, 4) is 0 Å². The molecule has 5 nitrogen and oxygen atoms in total. The zero-order valence-electron chi connectivity index (χ0n) is 11.2. The van der Waals surface area contributed by atoms with Crippen molar-refractivity contribution in [1.82, 2.24) is 9.47 Å². The van der Waals surface area contributed by atoms with Crippen LogP contribution in [0.3, 0.4) is 0 Å². The van der Waals surface area contributed by atoms with Crippen molar-refractivity contribution in [2.75, 3.05) is 20.1 Å². The molecule has 0 aliphatic carbocycles. The summed E-state index contributed by atoms with van der Waals surface area (Å²) in [5, 5.41) is 9.69. The van der Waals surface area contributed by atoms with Gasteiger partial charge in [-0.15, -0.1) is 0 Å². The van der Waals surface area contributed by atoms with Gasteiger partial charge < -0.3 is 14.6 Å². The van der Waals surface area contributed by atoms with Crippen LogP contribution in [-0.2, 0) is 0 Å². The molecular formula is C15H16N2O3. The van der Waals surface area contributed by atoms with E-state index in [1.807, 2.05) is 23.7 Å². The molecule has 3 rings (SSSR count). The number of para-hydroxylation sites is 1. The lowest BCUT2D eigenvalue weighted by molar-refractivity contribution is 0.0694. The van der Waals surface area contributed by atoms with Gasteiger partial charge in [-0.05, 0) is 32.1 Å². The van der Waals surface area contributed by atoms with Crippen molar-refractivity contribution in [2.24, 2.45) is 0 Å². The van der Waals surface area contributed by atoms with E-state index in [0.29, 0.717) is 5.39 Å². The highest BCUT2D eigenvalue weighted by Crippen LogP contribution is 2.24. The fourth-order valence-corrected chi connectivity index (χ4v) is 2.90. The maximum Gasteiger partial charge on any atom is 0.341 e. The van der Waals surface area contributed by atoms with Crippen molar-refractivity contribution in [3.63, 3.8) is 0 Å². The number of carbonyl (C=O) groups is 1. The van der Waals surface area contributed by atoms with E-state index in [1.165, 1.54) is 6.20 Å². The minimum absolute atomic E-state index is 0.154. The third-order valence-corrected chi connectivity index (χ3v) is 3.93. The van der Waals surface area contributed by atoms with E-state index < -0.39 is 11.4 Å². The van der Waals surface area contributed by atoms with E-state index in [2.05, 4.69) is 4.90 Å². The van der Waals surface area contributed by atoms with E-state index in [9.17, 15) is 14.7 Å². The number of rotatable bonds is 2. The van der Waals surface area contributed by atoms with Gasteiger partial charge in [0.15, 0.2) is 0 Å². The van der Waals surface area contributed by atoms with Crippen LogP contribution in [0.4, 0.5) is 0 Å². The smallest absolute Gasteiger partial charge is 0.341 e. The van der Waals surface area contributed by atoms with Crippen LogP contribution in [0.2, 0.25) is 0 Å². The third kappa shape index (κ3) is 2.00. The van der Waals surface area contributed by atoms with Crippen LogP contribution < -0.4 is 5.43 Å². The maximum atomic E-state index is 12.2. The Morgan fingerprint density at radius 3 is 2.75 bits per heavy atom. The molecule has 1 atom stereocenters. The van der Waals surface area contributed by atoms with Crippen LogP contribution in [-0.4, -0.2) is 40.7 Å². The molecule has 2 heterocycles. The number of likely N-dealkylation sites (N-methyl/N-ethyl adjacent to an activating group) is 1. The number of aromatic nitrogens is 1. The molecule has 0 bridgehead atoms. The Morgan fingerprint density at radius 1 is 1.35 bits per heavy atom. The number of carboxylic acid groups (broad SMARTS) is 1. The van der Waals surface area contributed by atoms with E-state index in [4.69, 9.17) is 0 Å². The Balaban J connectivity index is 2.27. The SMILES string of the molecule is CN1CCC(n2cc(C(=O)O)c(=O)c3ccccc32)C1. The first-order chi connectivity index (χ1) is 9.58. The van der Waals surface area contributed by atoms with E-state index in [1.54, 1.807) is 12.1 Å². The third-order valence-electron chi connectivity index (χ3n) is 3.93. The quantitative estimate of drug-likeness (QED) is 0.901. The van der Waals surface area contributed by atoms with Gasteiger partial charge in [-0.2, -0.15) is 0 Å². The van der Waals surface area contributed by atoms with Crippen molar-refractivity contribution in [3.05, 3.63) is 46.2 Å². The Bertz CT molecular complexity index is 735. The van der Waals surface area contributed by atoms with Crippen LogP contribution in [0.15, 0.2) is 35.3 Å². The van der Waals surface area contributed by atoms with Crippen LogP contribution in [0, 0.1) is 0 Å². The summed E-state index contributed by atoms with van der Waals surface area (Å²) in [6, 6.07) is 7.42. The number of hydrogen-bond acceptors (Lipinski definition) is 3. The van der Waals surface area contributed by atoms with E-state index >= 15 is 0 Å². The van der Waals surface area contributed by atoms with Gasteiger partial charge in [-0.1, -0.05) is 12.1 Å². The molecule has 0 spiro atoms. The lowest BCUT2D eigenvalue weighted by atomic mass is 10.1. The highest BCUT2D eigenvalue weighted by Gasteiger charge is 2.24. The minimum atomic E-state index is -1.17. The van der Waals surface area contributed by atoms with Crippen molar-refractivity contribution >= 4 is 16.9 Å². The van der Waals surface area contributed by atoms with Gasteiger partial charge in [0.2, 0.25) is 5.43 Å². The standard InChI is InChI=1S/C15H16N2O3/c1-16-7-6-10(8-16)17-9-12(15(19)20)14(18)11-4-2-3-5-13(11)17/h2-5,9-10H,6-8H2,1H3,(H,19,20). The zero-order valence-corrected chi connectivity index (χ0v) is 11.2. The second-order valence-corrected chi connectivity index (χ2v) is 5.31. The maximum absolute atomic E-state index is 12.2. The zero-order chi connectivity index (χ0) is 14.3. The Hall–Kier alpha value is -2.14. The lowest BCUT2D eigenvalue weighted by Gasteiger charge is -2.18. The first-order valence-electron chi connectivity index (χ1n) is 6.63. The summed E-state index contributed by atoms with van der Waals surface area (Å²) in [5.41, 5.74) is 0.247. The largest absolute Gasteiger partial charge is 0.477 e. The van der Waals surface area contributed by atoms with Crippen LogP contribution in [0.1, 0.15) is 22.8 Å². The fraction of sp³-hybridized carbons (Fsp3) is 0.333. The van der Waals surface area contributed by atoms with Gasteiger partial charge in [0.25, 0.3) is 0 Å². The number of hydrogen-bond donors (Lipinski definition) is 1. The Kier molecular flexibility index (Phi) is 3.06. The molecule has 0 saturated carbocycles. The summed E-state index contributed by atoms with van der Waals surface area (Å²) in [6.45, 7) is 1.85. The molecule has 0 radical (unpaired) electrons. The summed E-state index contributed by atoms with van der Waals surface area (Å²) in [6.07, 6.45) is 2.46. The van der Waals surface area contributed by atoms with Gasteiger partial charge in [-0.3, -0.25) is 4.79 Å². The van der Waals surface area contributed by atoms with Gasteiger partial charge >= 0.3 is 5.97 Å². The molecule has 5 heteroatoms. The molecule has 1 saturated heterocycles. The van der Waals surface area contributed by atoms with Crippen LogP contribution in [0.5, 0.6) is 0 Å². The first-order valence-corrected chi connectivity index (χ1v) is 6.63. The molecule has 1 N–H and O–H groups in total. The van der Waals surface area contributed by atoms with Crippen LogP contribution in [0.25, 0.3) is 10.9 Å². The molecule has 1 aromatic carbocycles. The molecule has 1 fully saturated rings. The number of benzene rings is 1. The monoisotopic (exact) mass is 272 g/mol. The highest BCUT2D eigenvalue weighted by atomic mass is 16.4. The summed E-state index contributed by atoms with van der Waals surface area (Å²) in [4.78, 5) is 25.7. The molecule has 0 amide bonds. The minimum Gasteiger partial charge on any atom is -0.477 e. The second kappa shape index (κ2) is 4.76. The predicted molar refractivity (Wildman–Crippen MR) is 76.3 cm³/mol. The van der Waals surface area contributed by atoms with Gasteiger partial charge in [-0.25, -0.2) is 4.79 Å². The summed E-state index contributed by atoms with van der Waals surface area (Å²) >= 11 is 0. The first kappa shape index (κ1) is 12.9. The number of nitrogens with zero attached hydrogens (tertiary/aromatic N) is 2. The number of likely N-dealkylation sites (tertiary alicyclic amines) is 1. The molecule has 20 heavy (non-hydrogen) atoms. The van der Waals surface area contributed by atoms with Gasteiger partial charge in [0.1, 0.15) is 5.56 Å². The lowest BCUT2D eigenvalue weighted by Crippen LogP contribution is -2.22. The molecule has 2 aromatic rings. The molecule has 1 aliphatic rings. The molecule has 1 aromatic heterocycles. The Labute approximate surface area is 116 Å². The normalized spacial score (nSPS) is 19.6. The number of fused-ring (bicyclic) bond motifs is 1. The van der Waals surface area contributed by atoms with E-state index in [0.717, 1.165) is 25.0 Å². The number of pyridine rings is 1. The average Bonchev–Trinajstić information content (AvgIpc) is 2.85. The summed E-state index contributed by atoms with van der Waals surface area (Å²) in [7, 11) is 2.04. The van der Waals surface area contributed by atoms with Gasteiger partial charge in [0, 0.05) is 24.2 Å². The predicted octanol–water partition coefficient (Wildman–Crippen LogP) is 1.58. The van der Waals surface area contributed by atoms with Crippen molar-refractivity contribution in [1.29, 1.82) is 0 Å². The number of carboxylic acids is 1. The molecule has 1 aliphatic heterocycles. The van der Waals surface area contributed by atoms with Gasteiger partial charge in [0.05, 0.1) is 5.52 Å². The average molecular weight is 272 g/mol. The highest BCUT2D eigenvalue weighted by molar-refractivity contribution is 5.92. The Morgan fingerprint density at radius 2 is 2.10 bits per heavy atom. The summed E-state index contributed by atoms with van der Waals surface area (Å²) in [5.74, 6) is -1.17. The molecular weight excluding hydrogens is 256 g/mol. The molecule has 1 unspecified atom stereocenters. The molecule has 104 valence electrons. The second-order valence-electron chi connectivity index (χ2n) is 5.31. The van der Waals surface area contributed by atoms with Crippen LogP contribution >= 0.6 is 0 Å². The fourth-order valence-electron chi connectivity index (χ4n) is 2.90. The van der Waals surface area contributed by atoms with Crippen molar-refractivity contribution < 1.29 is 9.90 Å². The van der Waals surface area contributed by atoms with Crippen molar-refractivity contribution in [2.45, 2.75) is 12.5 Å². The topological polar surface area (TPSA) is 62.5 Å².